The summed E-state index contributed by atoms with van der Waals surface area (Å²) < 4.78 is 4.66. The minimum Gasteiger partial charge on any atom is -0.465 e. The van der Waals surface area contributed by atoms with Crippen LogP contribution in [0.5, 0.6) is 0 Å². The van der Waals surface area contributed by atoms with Crippen LogP contribution in [0.15, 0.2) is 30.3 Å². The Hall–Kier alpha value is -2.14. The normalized spacial score (nSPS) is 21.1. The highest BCUT2D eigenvalue weighted by Crippen LogP contribution is 2.31. The third-order valence-corrected chi connectivity index (χ3v) is 4.70. The Morgan fingerprint density at radius 1 is 1.25 bits per heavy atom. The maximum Gasteiger partial charge on any atom is 0.337 e. The lowest BCUT2D eigenvalue weighted by atomic mass is 10.1. The Kier molecular flexibility index (Phi) is 5.30. The van der Waals surface area contributed by atoms with Crippen LogP contribution in [0, 0.1) is 5.92 Å². The number of carbonyl (C=O) groups excluding carboxylic acids is 2. The minimum atomic E-state index is -0.361. The van der Waals surface area contributed by atoms with Crippen molar-refractivity contribution in [2.75, 3.05) is 26.7 Å². The number of nitrogens with zero attached hydrogens (tertiary/aromatic N) is 1. The number of nitrogens with one attached hydrogen (secondary N) is 1. The van der Waals surface area contributed by atoms with Crippen LogP contribution in [-0.4, -0.2) is 49.6 Å². The van der Waals surface area contributed by atoms with Crippen molar-refractivity contribution in [3.05, 3.63) is 41.5 Å². The van der Waals surface area contributed by atoms with Gasteiger partial charge in [-0.15, -0.1) is 0 Å². The third kappa shape index (κ3) is 4.45. The molecule has 0 radical (unpaired) electrons. The fourth-order valence-corrected chi connectivity index (χ4v) is 3.12. The largest absolute Gasteiger partial charge is 0.465 e. The summed E-state index contributed by atoms with van der Waals surface area (Å²) in [6.07, 6.45) is 7.16. The predicted octanol–water partition coefficient (Wildman–Crippen LogP) is 2.09. The SMILES string of the molecule is COC(=O)c1ccc(C=CC(=O)NCC2CCN(C3CC3)C2)cc1. The zero-order chi connectivity index (χ0) is 16.9. The molecule has 1 atom stereocenters. The average molecular weight is 328 g/mol. The molecule has 1 N–H and O–H groups in total. The van der Waals surface area contributed by atoms with Gasteiger partial charge in [-0.05, 0) is 55.5 Å². The van der Waals surface area contributed by atoms with E-state index < -0.39 is 0 Å². The van der Waals surface area contributed by atoms with Crippen LogP contribution >= 0.6 is 0 Å². The van der Waals surface area contributed by atoms with Gasteiger partial charge in [-0.1, -0.05) is 12.1 Å². The number of esters is 1. The van der Waals surface area contributed by atoms with E-state index in [1.54, 1.807) is 36.4 Å². The topological polar surface area (TPSA) is 58.6 Å². The highest BCUT2D eigenvalue weighted by Gasteiger charge is 2.34. The summed E-state index contributed by atoms with van der Waals surface area (Å²) in [5.41, 5.74) is 1.37. The summed E-state index contributed by atoms with van der Waals surface area (Å²) in [6.45, 7) is 3.03. The molecule has 24 heavy (non-hydrogen) atoms. The van der Waals surface area contributed by atoms with E-state index in [9.17, 15) is 9.59 Å². The Labute approximate surface area is 142 Å². The van der Waals surface area contributed by atoms with Crippen LogP contribution in [0.2, 0.25) is 0 Å². The van der Waals surface area contributed by atoms with E-state index in [0.29, 0.717) is 11.5 Å². The molecule has 3 rings (SSSR count). The summed E-state index contributed by atoms with van der Waals surface area (Å²) in [5, 5.41) is 2.99. The second-order valence-electron chi connectivity index (χ2n) is 6.57. The maximum absolute atomic E-state index is 11.9. The maximum atomic E-state index is 11.9. The molecule has 1 aliphatic heterocycles. The van der Waals surface area contributed by atoms with Crippen molar-refractivity contribution in [3.8, 4) is 0 Å². The molecule has 1 saturated carbocycles. The molecule has 1 heterocycles. The van der Waals surface area contributed by atoms with Gasteiger partial charge < -0.3 is 15.0 Å². The summed E-state index contributed by atoms with van der Waals surface area (Å²) in [5.74, 6) is 0.138. The molecule has 1 aromatic rings. The van der Waals surface area contributed by atoms with Gasteiger partial charge in [0.05, 0.1) is 12.7 Å². The van der Waals surface area contributed by atoms with Crippen molar-refractivity contribution in [2.45, 2.75) is 25.3 Å². The van der Waals surface area contributed by atoms with E-state index in [-0.39, 0.29) is 11.9 Å². The molecular formula is C19H24N2O3. The number of methoxy groups -OCH3 is 1. The van der Waals surface area contributed by atoms with Gasteiger partial charge in [0.25, 0.3) is 0 Å². The standard InChI is InChI=1S/C19H24N2O3/c1-24-19(23)16-5-2-14(3-6-16)4-9-18(22)20-12-15-10-11-21(13-15)17-7-8-17/h2-6,9,15,17H,7-8,10-13H2,1H3,(H,20,22). The van der Waals surface area contributed by atoms with Gasteiger partial charge in [0.2, 0.25) is 5.91 Å². The molecular weight excluding hydrogens is 304 g/mol. The molecule has 1 unspecified atom stereocenters. The number of hydrogen-bond donors (Lipinski definition) is 1. The molecule has 1 saturated heterocycles. The molecule has 0 bridgehead atoms. The predicted molar refractivity (Wildman–Crippen MR) is 92.5 cm³/mol. The van der Waals surface area contributed by atoms with E-state index >= 15 is 0 Å². The number of amides is 1. The number of benzene rings is 1. The van der Waals surface area contributed by atoms with E-state index in [4.69, 9.17) is 0 Å². The van der Waals surface area contributed by atoms with Gasteiger partial charge in [0.15, 0.2) is 0 Å². The van der Waals surface area contributed by atoms with Crippen molar-refractivity contribution in [1.82, 2.24) is 10.2 Å². The van der Waals surface area contributed by atoms with E-state index in [2.05, 4.69) is 15.0 Å². The first-order chi connectivity index (χ1) is 11.7. The Balaban J connectivity index is 1.42. The smallest absolute Gasteiger partial charge is 0.337 e. The van der Waals surface area contributed by atoms with Crippen LogP contribution in [-0.2, 0) is 9.53 Å². The van der Waals surface area contributed by atoms with Gasteiger partial charge in [-0.25, -0.2) is 4.79 Å². The molecule has 0 aromatic heterocycles. The molecule has 1 amide bonds. The van der Waals surface area contributed by atoms with Crippen LogP contribution in [0.3, 0.4) is 0 Å². The molecule has 1 aliphatic carbocycles. The molecule has 5 heteroatoms. The van der Waals surface area contributed by atoms with Crippen LogP contribution in [0.1, 0.15) is 35.2 Å². The first kappa shape index (κ1) is 16.7. The molecule has 128 valence electrons. The highest BCUT2D eigenvalue weighted by atomic mass is 16.5. The summed E-state index contributed by atoms with van der Waals surface area (Å²) in [4.78, 5) is 25.9. The summed E-state index contributed by atoms with van der Waals surface area (Å²) in [6, 6.07) is 7.78. The Morgan fingerprint density at radius 3 is 2.67 bits per heavy atom. The van der Waals surface area contributed by atoms with Crippen LogP contribution < -0.4 is 5.32 Å². The zero-order valence-corrected chi connectivity index (χ0v) is 14.0. The van der Waals surface area contributed by atoms with Crippen molar-refractivity contribution < 1.29 is 14.3 Å². The fourth-order valence-electron chi connectivity index (χ4n) is 3.12. The van der Waals surface area contributed by atoms with Crippen molar-refractivity contribution >= 4 is 18.0 Å². The number of likely N-dealkylation sites (tertiary alicyclic amines) is 1. The van der Waals surface area contributed by atoms with E-state index in [0.717, 1.165) is 24.7 Å². The summed E-state index contributed by atoms with van der Waals surface area (Å²) >= 11 is 0. The Morgan fingerprint density at radius 2 is 2.00 bits per heavy atom. The third-order valence-electron chi connectivity index (χ3n) is 4.70. The molecule has 5 nitrogen and oxygen atoms in total. The molecule has 0 spiro atoms. The fraction of sp³-hybridized carbons (Fsp3) is 0.474. The first-order valence-corrected chi connectivity index (χ1v) is 8.54. The van der Waals surface area contributed by atoms with E-state index in [1.807, 2.05) is 0 Å². The van der Waals surface area contributed by atoms with Crippen molar-refractivity contribution in [3.63, 3.8) is 0 Å². The van der Waals surface area contributed by atoms with Gasteiger partial charge in [-0.2, -0.15) is 0 Å². The second-order valence-corrected chi connectivity index (χ2v) is 6.57. The molecule has 1 aromatic carbocycles. The lowest BCUT2D eigenvalue weighted by molar-refractivity contribution is -0.116. The lowest BCUT2D eigenvalue weighted by Crippen LogP contribution is -2.30. The quantitative estimate of drug-likeness (QED) is 0.642. The molecule has 2 fully saturated rings. The number of ether oxygens (including phenoxy) is 1. The highest BCUT2D eigenvalue weighted by molar-refractivity contribution is 5.92. The van der Waals surface area contributed by atoms with Crippen LogP contribution in [0.25, 0.3) is 6.08 Å². The number of rotatable bonds is 6. The van der Waals surface area contributed by atoms with Gasteiger partial charge in [-0.3, -0.25) is 4.79 Å². The van der Waals surface area contributed by atoms with Crippen molar-refractivity contribution in [1.29, 1.82) is 0 Å². The summed E-state index contributed by atoms with van der Waals surface area (Å²) in [7, 11) is 1.36. The van der Waals surface area contributed by atoms with E-state index in [1.165, 1.54) is 32.9 Å². The van der Waals surface area contributed by atoms with Gasteiger partial charge in [0.1, 0.15) is 0 Å². The average Bonchev–Trinajstić information content (AvgIpc) is 3.36. The van der Waals surface area contributed by atoms with Gasteiger partial charge >= 0.3 is 5.97 Å². The Bertz CT molecular complexity index is 620. The minimum absolute atomic E-state index is 0.0723. The number of carbonyl (C=O) groups is 2. The van der Waals surface area contributed by atoms with Crippen LogP contribution in [0.4, 0.5) is 0 Å². The van der Waals surface area contributed by atoms with Gasteiger partial charge in [0, 0.05) is 25.2 Å². The monoisotopic (exact) mass is 328 g/mol. The lowest BCUT2D eigenvalue weighted by Gasteiger charge is -2.14. The first-order valence-electron chi connectivity index (χ1n) is 8.54. The number of hydrogen-bond acceptors (Lipinski definition) is 4. The zero-order valence-electron chi connectivity index (χ0n) is 14.0. The second kappa shape index (κ2) is 7.62. The van der Waals surface area contributed by atoms with Crippen molar-refractivity contribution in [2.24, 2.45) is 5.92 Å². The molecule has 2 aliphatic rings.